The molecule has 6 nitrogen and oxygen atoms in total. The summed E-state index contributed by atoms with van der Waals surface area (Å²) >= 11 is 6.01. The van der Waals surface area contributed by atoms with Gasteiger partial charge in [-0.2, -0.15) is 4.68 Å². The first kappa shape index (κ1) is 11.5. The van der Waals surface area contributed by atoms with E-state index in [-0.39, 0.29) is 5.56 Å². The van der Waals surface area contributed by atoms with Crippen LogP contribution in [0.1, 0.15) is 23.1 Å². The predicted octanol–water partition coefficient (Wildman–Crippen LogP) is 1.58. The number of rotatable bonds is 3. The van der Waals surface area contributed by atoms with Crippen LogP contribution in [0.4, 0.5) is 0 Å². The molecule has 0 saturated carbocycles. The number of carbonyl (C=O) groups is 1. The second-order valence-corrected chi connectivity index (χ2v) is 3.74. The van der Waals surface area contributed by atoms with Gasteiger partial charge >= 0.3 is 5.97 Å². The summed E-state index contributed by atoms with van der Waals surface area (Å²) in [5.74, 6) is -0.360. The zero-order valence-electron chi connectivity index (χ0n) is 8.96. The Hall–Kier alpha value is -1.95. The molecule has 0 spiro atoms. The molecule has 0 aliphatic carbocycles. The van der Waals surface area contributed by atoms with Crippen LogP contribution in [0.2, 0.25) is 5.02 Å². The van der Waals surface area contributed by atoms with Gasteiger partial charge in [0.15, 0.2) is 5.82 Å². The van der Waals surface area contributed by atoms with Crippen LogP contribution in [-0.2, 0) is 6.42 Å². The molecule has 7 heteroatoms. The number of aromatic nitrogens is 4. The predicted molar refractivity (Wildman–Crippen MR) is 60.5 cm³/mol. The minimum atomic E-state index is -1.02. The quantitative estimate of drug-likeness (QED) is 0.897. The van der Waals surface area contributed by atoms with Crippen molar-refractivity contribution in [1.82, 2.24) is 20.2 Å². The third-order valence-corrected chi connectivity index (χ3v) is 2.58. The molecule has 0 aliphatic rings. The van der Waals surface area contributed by atoms with Gasteiger partial charge in [-0.3, -0.25) is 0 Å². The molecule has 0 saturated heterocycles. The van der Waals surface area contributed by atoms with Crippen LogP contribution in [0.25, 0.3) is 5.69 Å². The average Bonchev–Trinajstić information content (AvgIpc) is 2.76. The third kappa shape index (κ3) is 2.12. The van der Waals surface area contributed by atoms with Crippen LogP contribution in [0.5, 0.6) is 0 Å². The maximum absolute atomic E-state index is 10.8. The Balaban J connectivity index is 2.50. The van der Waals surface area contributed by atoms with Crippen LogP contribution in [0.3, 0.4) is 0 Å². The van der Waals surface area contributed by atoms with Crippen molar-refractivity contribution in [3.63, 3.8) is 0 Å². The van der Waals surface area contributed by atoms with E-state index in [4.69, 9.17) is 16.7 Å². The highest BCUT2D eigenvalue weighted by atomic mass is 35.5. The van der Waals surface area contributed by atoms with E-state index >= 15 is 0 Å². The van der Waals surface area contributed by atoms with E-state index < -0.39 is 5.97 Å². The Morgan fingerprint density at radius 1 is 1.53 bits per heavy atom. The lowest BCUT2D eigenvalue weighted by atomic mass is 10.2. The molecule has 0 aliphatic heterocycles. The van der Waals surface area contributed by atoms with E-state index in [1.165, 1.54) is 16.8 Å². The lowest BCUT2D eigenvalue weighted by molar-refractivity contribution is 0.0697. The van der Waals surface area contributed by atoms with Crippen LogP contribution in [0.15, 0.2) is 18.2 Å². The fraction of sp³-hybridized carbons (Fsp3) is 0.200. The second kappa shape index (κ2) is 4.50. The first-order chi connectivity index (χ1) is 8.13. The van der Waals surface area contributed by atoms with E-state index in [0.29, 0.717) is 23.0 Å². The molecule has 0 fully saturated rings. The van der Waals surface area contributed by atoms with Crippen molar-refractivity contribution < 1.29 is 9.90 Å². The molecule has 0 radical (unpaired) electrons. The van der Waals surface area contributed by atoms with Gasteiger partial charge < -0.3 is 5.11 Å². The Morgan fingerprint density at radius 3 is 2.88 bits per heavy atom. The molecule has 0 bridgehead atoms. The number of aromatic carboxylic acids is 1. The van der Waals surface area contributed by atoms with Gasteiger partial charge in [-0.25, -0.2) is 4.79 Å². The average molecular weight is 253 g/mol. The van der Waals surface area contributed by atoms with E-state index in [1.54, 1.807) is 6.07 Å². The highest BCUT2D eigenvalue weighted by molar-refractivity contribution is 6.32. The molecular weight excluding hydrogens is 244 g/mol. The van der Waals surface area contributed by atoms with Crippen LogP contribution < -0.4 is 0 Å². The number of aryl methyl sites for hydroxylation is 1. The number of tetrazole rings is 1. The number of hydrogen-bond acceptors (Lipinski definition) is 4. The highest BCUT2D eigenvalue weighted by Gasteiger charge is 2.12. The van der Waals surface area contributed by atoms with Gasteiger partial charge in [0.05, 0.1) is 16.3 Å². The first-order valence-electron chi connectivity index (χ1n) is 4.94. The summed E-state index contributed by atoms with van der Waals surface area (Å²) in [6.07, 6.45) is 0.657. The summed E-state index contributed by atoms with van der Waals surface area (Å²) < 4.78 is 1.49. The number of halogens is 1. The summed E-state index contributed by atoms with van der Waals surface area (Å²) in [5.41, 5.74) is 0.698. The number of nitrogens with zero attached hydrogens (tertiary/aromatic N) is 4. The van der Waals surface area contributed by atoms with Crippen molar-refractivity contribution in [2.24, 2.45) is 0 Å². The standard InChI is InChI=1S/C10H9ClN4O2/c1-2-9-12-13-14-15(9)8-4-3-6(10(16)17)5-7(8)11/h3-5H,2H2,1H3,(H,16,17). The third-order valence-electron chi connectivity index (χ3n) is 2.27. The molecule has 17 heavy (non-hydrogen) atoms. The van der Waals surface area contributed by atoms with Gasteiger partial charge in [0, 0.05) is 6.42 Å². The summed E-state index contributed by atoms with van der Waals surface area (Å²) in [7, 11) is 0. The zero-order chi connectivity index (χ0) is 12.4. The monoisotopic (exact) mass is 252 g/mol. The van der Waals surface area contributed by atoms with Crippen molar-refractivity contribution >= 4 is 17.6 Å². The molecule has 0 amide bonds. The Kier molecular flexibility index (Phi) is 3.06. The number of benzene rings is 1. The maximum atomic E-state index is 10.8. The summed E-state index contributed by atoms with van der Waals surface area (Å²) in [6.45, 7) is 1.92. The lowest BCUT2D eigenvalue weighted by Crippen LogP contribution is -2.04. The molecular formula is C10H9ClN4O2. The van der Waals surface area contributed by atoms with Crippen LogP contribution >= 0.6 is 11.6 Å². The molecule has 1 aromatic heterocycles. The lowest BCUT2D eigenvalue weighted by Gasteiger charge is -2.06. The van der Waals surface area contributed by atoms with E-state index in [9.17, 15) is 4.79 Å². The number of carboxylic acids is 1. The first-order valence-corrected chi connectivity index (χ1v) is 5.31. The van der Waals surface area contributed by atoms with Crippen molar-refractivity contribution in [2.45, 2.75) is 13.3 Å². The minimum Gasteiger partial charge on any atom is -0.478 e. The molecule has 1 N–H and O–H groups in total. The smallest absolute Gasteiger partial charge is 0.335 e. The Morgan fingerprint density at radius 2 is 2.29 bits per heavy atom. The van der Waals surface area contributed by atoms with E-state index in [2.05, 4.69) is 15.5 Å². The minimum absolute atomic E-state index is 0.130. The summed E-state index contributed by atoms with van der Waals surface area (Å²) in [4.78, 5) is 10.8. The van der Waals surface area contributed by atoms with Crippen molar-refractivity contribution in [3.8, 4) is 5.69 Å². The van der Waals surface area contributed by atoms with Gasteiger partial charge in [0.1, 0.15) is 0 Å². The molecule has 0 unspecified atom stereocenters. The van der Waals surface area contributed by atoms with Gasteiger partial charge in [-0.05, 0) is 28.6 Å². The second-order valence-electron chi connectivity index (χ2n) is 3.33. The topological polar surface area (TPSA) is 80.9 Å². The molecule has 0 atom stereocenters. The van der Waals surface area contributed by atoms with Crippen molar-refractivity contribution in [3.05, 3.63) is 34.6 Å². The van der Waals surface area contributed by atoms with Gasteiger partial charge in [0.25, 0.3) is 0 Å². The van der Waals surface area contributed by atoms with Crippen LogP contribution in [0, 0.1) is 0 Å². The van der Waals surface area contributed by atoms with Gasteiger partial charge in [-0.15, -0.1) is 5.10 Å². The molecule has 2 aromatic rings. The molecule has 1 heterocycles. The van der Waals surface area contributed by atoms with Crippen LogP contribution in [-0.4, -0.2) is 31.3 Å². The normalized spacial score (nSPS) is 10.5. The van der Waals surface area contributed by atoms with Crippen molar-refractivity contribution in [1.29, 1.82) is 0 Å². The molecule has 2 rings (SSSR count). The SMILES string of the molecule is CCc1nnnn1-c1ccc(C(=O)O)cc1Cl. The van der Waals surface area contributed by atoms with Crippen molar-refractivity contribution in [2.75, 3.05) is 0 Å². The van der Waals surface area contributed by atoms with E-state index in [1.807, 2.05) is 6.92 Å². The molecule has 1 aromatic carbocycles. The van der Waals surface area contributed by atoms with E-state index in [0.717, 1.165) is 0 Å². The summed E-state index contributed by atoms with van der Waals surface area (Å²) in [5, 5.41) is 20.3. The Labute approximate surface area is 102 Å². The largest absolute Gasteiger partial charge is 0.478 e. The zero-order valence-corrected chi connectivity index (χ0v) is 9.72. The maximum Gasteiger partial charge on any atom is 0.335 e. The number of hydrogen-bond donors (Lipinski definition) is 1. The highest BCUT2D eigenvalue weighted by Crippen LogP contribution is 2.22. The Bertz CT molecular complexity index is 567. The number of carboxylic acid groups (broad SMARTS) is 1. The fourth-order valence-corrected chi connectivity index (χ4v) is 1.69. The fourth-order valence-electron chi connectivity index (χ4n) is 1.43. The summed E-state index contributed by atoms with van der Waals surface area (Å²) in [6, 6.07) is 4.42. The molecule has 88 valence electrons. The van der Waals surface area contributed by atoms with Gasteiger partial charge in [-0.1, -0.05) is 18.5 Å². The van der Waals surface area contributed by atoms with Gasteiger partial charge in [0.2, 0.25) is 0 Å².